The SMILES string of the molecule is O=S(=O)(Nc1ccc(F)nc1)c1ncccc1F. The summed E-state index contributed by atoms with van der Waals surface area (Å²) < 4.78 is 51.4. The van der Waals surface area contributed by atoms with Crippen LogP contribution in [0.3, 0.4) is 0 Å². The Kier molecular flexibility index (Phi) is 3.19. The van der Waals surface area contributed by atoms with E-state index in [0.717, 1.165) is 24.5 Å². The molecule has 5 nitrogen and oxygen atoms in total. The predicted octanol–water partition coefficient (Wildman–Crippen LogP) is 1.56. The molecule has 0 atom stereocenters. The zero-order valence-electron chi connectivity index (χ0n) is 8.84. The average molecular weight is 271 g/mol. The van der Waals surface area contributed by atoms with Gasteiger partial charge in [0.2, 0.25) is 11.0 Å². The van der Waals surface area contributed by atoms with Gasteiger partial charge in [-0.2, -0.15) is 12.8 Å². The quantitative estimate of drug-likeness (QED) is 0.860. The molecule has 0 saturated carbocycles. The molecular weight excluding hydrogens is 264 g/mol. The number of nitrogens with one attached hydrogen (secondary N) is 1. The largest absolute Gasteiger partial charge is 0.282 e. The van der Waals surface area contributed by atoms with Crippen molar-refractivity contribution in [3.63, 3.8) is 0 Å². The lowest BCUT2D eigenvalue weighted by Gasteiger charge is -2.07. The van der Waals surface area contributed by atoms with Crippen LogP contribution in [0.5, 0.6) is 0 Å². The average Bonchev–Trinajstić information content (AvgIpc) is 2.32. The third-order valence-electron chi connectivity index (χ3n) is 1.96. The van der Waals surface area contributed by atoms with Crippen molar-refractivity contribution in [2.45, 2.75) is 5.03 Å². The van der Waals surface area contributed by atoms with Crippen LogP contribution in [0.25, 0.3) is 0 Å². The van der Waals surface area contributed by atoms with Crippen molar-refractivity contribution in [3.8, 4) is 0 Å². The zero-order chi connectivity index (χ0) is 13.2. The zero-order valence-corrected chi connectivity index (χ0v) is 9.66. The van der Waals surface area contributed by atoms with Gasteiger partial charge >= 0.3 is 0 Å². The van der Waals surface area contributed by atoms with E-state index in [1.54, 1.807) is 0 Å². The highest BCUT2D eigenvalue weighted by molar-refractivity contribution is 7.92. The Hall–Kier alpha value is -2.09. The molecule has 0 aliphatic carbocycles. The van der Waals surface area contributed by atoms with Crippen molar-refractivity contribution in [2.24, 2.45) is 0 Å². The molecule has 94 valence electrons. The minimum absolute atomic E-state index is 0.0152. The molecule has 0 aliphatic heterocycles. The molecule has 2 aromatic rings. The molecule has 2 heterocycles. The Morgan fingerprint density at radius 2 is 1.89 bits per heavy atom. The van der Waals surface area contributed by atoms with Crippen LogP contribution in [0.4, 0.5) is 14.5 Å². The number of hydrogen-bond acceptors (Lipinski definition) is 4. The lowest BCUT2D eigenvalue weighted by Crippen LogP contribution is -2.16. The minimum Gasteiger partial charge on any atom is -0.277 e. The van der Waals surface area contributed by atoms with E-state index < -0.39 is 26.8 Å². The molecule has 1 N–H and O–H groups in total. The number of nitrogens with zero attached hydrogens (tertiary/aromatic N) is 2. The molecule has 18 heavy (non-hydrogen) atoms. The molecule has 0 aromatic carbocycles. The lowest BCUT2D eigenvalue weighted by molar-refractivity contribution is 0.556. The molecule has 8 heteroatoms. The molecule has 0 saturated heterocycles. The van der Waals surface area contributed by atoms with Crippen LogP contribution >= 0.6 is 0 Å². The monoisotopic (exact) mass is 271 g/mol. The normalized spacial score (nSPS) is 11.2. The van der Waals surface area contributed by atoms with Gasteiger partial charge in [-0.15, -0.1) is 0 Å². The van der Waals surface area contributed by atoms with E-state index in [2.05, 4.69) is 9.97 Å². The van der Waals surface area contributed by atoms with Crippen molar-refractivity contribution in [3.05, 3.63) is 48.4 Å². The van der Waals surface area contributed by atoms with Crippen LogP contribution in [0.15, 0.2) is 41.7 Å². The standard InChI is InChI=1S/C10H7F2N3O2S/c11-8-2-1-5-13-10(8)18(16,17)15-7-3-4-9(12)14-6-7/h1-6,15H. The van der Waals surface area contributed by atoms with Crippen molar-refractivity contribution in [1.82, 2.24) is 9.97 Å². The van der Waals surface area contributed by atoms with Crippen LogP contribution in [0, 0.1) is 11.8 Å². The molecular formula is C10H7F2N3O2S. The number of halogens is 2. The van der Waals surface area contributed by atoms with Gasteiger partial charge < -0.3 is 0 Å². The second-order valence-corrected chi connectivity index (χ2v) is 4.86. The van der Waals surface area contributed by atoms with Crippen LogP contribution < -0.4 is 4.72 Å². The first-order valence-corrected chi connectivity index (χ1v) is 6.22. The fourth-order valence-electron chi connectivity index (χ4n) is 1.21. The van der Waals surface area contributed by atoms with Crippen LogP contribution in [0.2, 0.25) is 0 Å². The molecule has 0 radical (unpaired) electrons. The Bertz CT molecular complexity index is 659. The highest BCUT2D eigenvalue weighted by Gasteiger charge is 2.20. The van der Waals surface area contributed by atoms with Crippen LogP contribution in [-0.2, 0) is 10.0 Å². The van der Waals surface area contributed by atoms with E-state index in [1.165, 1.54) is 12.1 Å². The van der Waals surface area contributed by atoms with Gasteiger partial charge in [0.05, 0.1) is 11.9 Å². The van der Waals surface area contributed by atoms with Crippen molar-refractivity contribution >= 4 is 15.7 Å². The van der Waals surface area contributed by atoms with E-state index in [-0.39, 0.29) is 5.69 Å². The Morgan fingerprint density at radius 3 is 2.50 bits per heavy atom. The topological polar surface area (TPSA) is 72.0 Å². The molecule has 0 unspecified atom stereocenters. The molecule has 0 fully saturated rings. The molecule has 0 spiro atoms. The van der Waals surface area contributed by atoms with Gasteiger partial charge in [0.15, 0.2) is 5.82 Å². The molecule has 0 aliphatic rings. The first-order chi connectivity index (χ1) is 8.49. The summed E-state index contributed by atoms with van der Waals surface area (Å²) in [7, 11) is -4.16. The lowest BCUT2D eigenvalue weighted by atomic mass is 10.4. The smallest absolute Gasteiger partial charge is 0.277 e. The highest BCUT2D eigenvalue weighted by atomic mass is 32.2. The first-order valence-electron chi connectivity index (χ1n) is 4.74. The number of anilines is 1. The van der Waals surface area contributed by atoms with Crippen molar-refractivity contribution < 1.29 is 17.2 Å². The summed E-state index contributed by atoms with van der Waals surface area (Å²) in [5.74, 6) is -1.72. The van der Waals surface area contributed by atoms with Gasteiger partial charge in [0.25, 0.3) is 10.0 Å². The fraction of sp³-hybridized carbons (Fsp3) is 0. The van der Waals surface area contributed by atoms with Gasteiger partial charge in [-0.3, -0.25) is 4.72 Å². The molecule has 2 aromatic heterocycles. The third-order valence-corrected chi connectivity index (χ3v) is 3.27. The van der Waals surface area contributed by atoms with Gasteiger partial charge in [-0.25, -0.2) is 14.4 Å². The molecule has 2 rings (SSSR count). The van der Waals surface area contributed by atoms with Gasteiger partial charge in [0.1, 0.15) is 0 Å². The van der Waals surface area contributed by atoms with Crippen LogP contribution in [-0.4, -0.2) is 18.4 Å². The first kappa shape index (κ1) is 12.4. The maximum Gasteiger partial charge on any atom is 0.282 e. The number of pyridine rings is 2. The van der Waals surface area contributed by atoms with Gasteiger partial charge in [-0.1, -0.05) is 0 Å². The molecule has 0 bridgehead atoms. The van der Waals surface area contributed by atoms with Crippen LogP contribution in [0.1, 0.15) is 0 Å². The minimum atomic E-state index is -4.16. The highest BCUT2D eigenvalue weighted by Crippen LogP contribution is 2.15. The summed E-state index contributed by atoms with van der Waals surface area (Å²) in [6.45, 7) is 0. The van der Waals surface area contributed by atoms with E-state index in [1.807, 2.05) is 4.72 Å². The number of rotatable bonds is 3. The second kappa shape index (κ2) is 4.65. The van der Waals surface area contributed by atoms with E-state index in [0.29, 0.717) is 0 Å². The summed E-state index contributed by atoms with van der Waals surface area (Å²) in [5, 5.41) is -0.727. The number of aromatic nitrogens is 2. The predicted molar refractivity (Wildman–Crippen MR) is 59.2 cm³/mol. The maximum absolute atomic E-state index is 13.3. The van der Waals surface area contributed by atoms with Gasteiger partial charge in [-0.05, 0) is 24.3 Å². The summed E-state index contributed by atoms with van der Waals surface area (Å²) in [5.41, 5.74) is 0.0152. The third kappa shape index (κ3) is 2.59. The maximum atomic E-state index is 13.3. The Morgan fingerprint density at radius 1 is 1.11 bits per heavy atom. The summed E-state index contributed by atoms with van der Waals surface area (Å²) >= 11 is 0. The Balaban J connectivity index is 2.33. The molecule has 0 amide bonds. The summed E-state index contributed by atoms with van der Waals surface area (Å²) in [4.78, 5) is 6.72. The van der Waals surface area contributed by atoms with E-state index >= 15 is 0 Å². The van der Waals surface area contributed by atoms with Crippen molar-refractivity contribution in [1.29, 1.82) is 0 Å². The summed E-state index contributed by atoms with van der Waals surface area (Å²) in [6.07, 6.45) is 2.13. The fourth-order valence-corrected chi connectivity index (χ4v) is 2.26. The number of sulfonamides is 1. The van der Waals surface area contributed by atoms with Crippen molar-refractivity contribution in [2.75, 3.05) is 4.72 Å². The summed E-state index contributed by atoms with van der Waals surface area (Å²) in [6, 6.07) is 4.39. The van der Waals surface area contributed by atoms with Gasteiger partial charge in [0, 0.05) is 6.20 Å². The van der Waals surface area contributed by atoms with E-state index in [9.17, 15) is 17.2 Å². The van der Waals surface area contributed by atoms with E-state index in [4.69, 9.17) is 0 Å². The Labute approximate surface area is 102 Å². The second-order valence-electron chi connectivity index (χ2n) is 3.27. The number of hydrogen-bond donors (Lipinski definition) is 1.